The molecule has 54 heavy (non-hydrogen) atoms. The van der Waals surface area contributed by atoms with Crippen molar-refractivity contribution in [2.24, 2.45) is 0 Å². The van der Waals surface area contributed by atoms with Crippen LogP contribution in [0.4, 0.5) is 4.79 Å². The molecule has 1 amide bonds. The molecule has 3 aromatic rings. The highest BCUT2D eigenvalue weighted by molar-refractivity contribution is 5.67. The Morgan fingerprint density at radius 3 is 1.67 bits per heavy atom. The van der Waals surface area contributed by atoms with Gasteiger partial charge >= 0.3 is 6.09 Å². The van der Waals surface area contributed by atoms with Gasteiger partial charge in [0.15, 0.2) is 6.10 Å². The lowest BCUT2D eigenvalue weighted by Gasteiger charge is -2.42. The fourth-order valence-electron chi connectivity index (χ4n) is 5.48. The summed E-state index contributed by atoms with van der Waals surface area (Å²) in [5, 5.41) is 15.3. The molecule has 1 heterocycles. The lowest BCUT2D eigenvalue weighted by atomic mass is 9.96. The van der Waals surface area contributed by atoms with Crippen LogP contribution in [0.25, 0.3) is 0 Å². The number of ether oxygens (including phenoxy) is 9. The molecule has 296 valence electrons. The fourth-order valence-corrected chi connectivity index (χ4v) is 5.48. The van der Waals surface area contributed by atoms with Crippen molar-refractivity contribution < 1.29 is 52.3 Å². The largest absolute Gasteiger partial charge is 0.444 e. The summed E-state index contributed by atoms with van der Waals surface area (Å²) in [6, 6.07) is 27.3. The summed E-state index contributed by atoms with van der Waals surface area (Å²) >= 11 is 0. The second kappa shape index (κ2) is 23.7. The van der Waals surface area contributed by atoms with Gasteiger partial charge in [0, 0.05) is 11.5 Å². The molecule has 3 aromatic carbocycles. The van der Waals surface area contributed by atoms with E-state index in [9.17, 15) is 14.9 Å². The number of nitrogens with one attached hydrogen (secondary N) is 1. The first-order valence-corrected chi connectivity index (χ1v) is 18.2. The zero-order valence-electron chi connectivity index (χ0n) is 31.4. The molecule has 1 saturated heterocycles. The van der Waals surface area contributed by atoms with E-state index in [-0.39, 0.29) is 39.6 Å². The van der Waals surface area contributed by atoms with E-state index in [0.717, 1.165) is 16.7 Å². The van der Waals surface area contributed by atoms with Crippen LogP contribution >= 0.6 is 0 Å². The van der Waals surface area contributed by atoms with Gasteiger partial charge in [-0.2, -0.15) is 0 Å². The molecule has 5 atom stereocenters. The molecule has 0 spiro atoms. The predicted molar refractivity (Wildman–Crippen MR) is 198 cm³/mol. The normalized spacial score (nSPS) is 20.0. The van der Waals surface area contributed by atoms with Crippen LogP contribution in [0.15, 0.2) is 91.0 Å². The highest BCUT2D eigenvalue weighted by Crippen LogP contribution is 2.30. The monoisotopic (exact) mass is 754 g/mol. The predicted octanol–water partition coefficient (Wildman–Crippen LogP) is 5.34. The standard InChI is InChI=1S/C40H54N2O12/c1-40(2,3)54-39(43)41-19-20-46-21-22-47-23-24-48-25-26-50-38-35(42(44)45)37(52-29-33-17-11-6-12-18-33)36(51-28-32-15-9-5-10-16-32)34(53-38)30-49-27-31-13-7-4-8-14-31/h4-18,34-38H,19-30H2,1-3H3,(H,41,43)/t34-,35-,36+,37-,38+/m1/s1. The molecule has 4 rings (SSSR count). The van der Waals surface area contributed by atoms with Crippen LogP contribution in [-0.4, -0.2) is 107 Å². The Bertz CT molecular complexity index is 1460. The van der Waals surface area contributed by atoms with Crippen molar-refractivity contribution in [2.75, 3.05) is 59.4 Å². The third-order valence-electron chi connectivity index (χ3n) is 7.99. The smallest absolute Gasteiger partial charge is 0.407 e. The lowest BCUT2D eigenvalue weighted by molar-refractivity contribution is -0.577. The summed E-state index contributed by atoms with van der Waals surface area (Å²) in [6.07, 6.45) is -4.38. The third-order valence-corrected chi connectivity index (χ3v) is 7.99. The van der Waals surface area contributed by atoms with Crippen LogP contribution < -0.4 is 5.32 Å². The summed E-state index contributed by atoms with van der Waals surface area (Å²) in [6.45, 7) is 8.23. The van der Waals surface area contributed by atoms with E-state index >= 15 is 0 Å². The Hall–Kier alpha value is -3.99. The first kappa shape index (κ1) is 42.7. The number of hydrogen-bond acceptors (Lipinski definition) is 12. The number of nitrogens with zero attached hydrogens (tertiary/aromatic N) is 1. The highest BCUT2D eigenvalue weighted by atomic mass is 16.7. The van der Waals surface area contributed by atoms with Gasteiger partial charge in [0.05, 0.1) is 72.7 Å². The van der Waals surface area contributed by atoms with Crippen LogP contribution in [0.5, 0.6) is 0 Å². The molecule has 1 fully saturated rings. The number of amides is 1. The van der Waals surface area contributed by atoms with Crippen molar-refractivity contribution in [1.82, 2.24) is 5.32 Å². The molecular formula is C40H54N2O12. The van der Waals surface area contributed by atoms with Crippen molar-refractivity contribution in [1.29, 1.82) is 0 Å². The molecular weight excluding hydrogens is 700 g/mol. The van der Waals surface area contributed by atoms with E-state index in [0.29, 0.717) is 39.6 Å². The SMILES string of the molecule is CC(C)(C)OC(=O)NCCOCCOCCOCCO[C@H]1O[C@H](COCc2ccccc2)[C@H](OCc2ccccc2)[C@H](OCc2ccccc2)[C@H]1[N+](=O)[O-]. The van der Waals surface area contributed by atoms with Crippen LogP contribution in [-0.2, 0) is 62.5 Å². The topological polar surface area (TPSA) is 155 Å². The number of carbonyl (C=O) groups is 1. The van der Waals surface area contributed by atoms with E-state index in [1.165, 1.54) is 0 Å². The van der Waals surface area contributed by atoms with Crippen molar-refractivity contribution in [3.05, 3.63) is 118 Å². The molecule has 0 aromatic heterocycles. The van der Waals surface area contributed by atoms with Crippen LogP contribution in [0.2, 0.25) is 0 Å². The number of alkyl carbamates (subject to hydrolysis) is 1. The second-order valence-electron chi connectivity index (χ2n) is 13.5. The summed E-state index contributed by atoms with van der Waals surface area (Å²) in [5.41, 5.74) is 2.18. The minimum Gasteiger partial charge on any atom is -0.444 e. The maximum Gasteiger partial charge on any atom is 0.407 e. The van der Waals surface area contributed by atoms with Crippen molar-refractivity contribution in [3.63, 3.8) is 0 Å². The Labute approximate surface area is 317 Å². The van der Waals surface area contributed by atoms with Gasteiger partial charge < -0.3 is 47.9 Å². The molecule has 1 N–H and O–H groups in total. The third kappa shape index (κ3) is 16.2. The zero-order chi connectivity index (χ0) is 38.4. The quantitative estimate of drug-likeness (QED) is 0.0714. The van der Waals surface area contributed by atoms with Gasteiger partial charge in [-0.1, -0.05) is 91.0 Å². The lowest BCUT2D eigenvalue weighted by Crippen LogP contribution is -2.63. The first-order chi connectivity index (χ1) is 26.2. The van der Waals surface area contributed by atoms with Crippen LogP contribution in [0.1, 0.15) is 37.5 Å². The number of benzene rings is 3. The molecule has 14 nitrogen and oxygen atoms in total. The summed E-state index contributed by atoms with van der Waals surface area (Å²) < 4.78 is 52.9. The average molecular weight is 755 g/mol. The molecule has 1 aliphatic heterocycles. The van der Waals surface area contributed by atoms with Gasteiger partial charge in [0.1, 0.15) is 17.8 Å². The Kier molecular flexibility index (Phi) is 18.8. The number of hydrogen-bond donors (Lipinski definition) is 1. The van der Waals surface area contributed by atoms with E-state index in [2.05, 4.69) is 5.32 Å². The Morgan fingerprint density at radius 1 is 0.667 bits per heavy atom. The molecule has 0 aliphatic carbocycles. The van der Waals surface area contributed by atoms with Crippen LogP contribution in [0, 0.1) is 10.1 Å². The van der Waals surface area contributed by atoms with Crippen molar-refractivity contribution in [2.45, 2.75) is 76.8 Å². The molecule has 14 heteroatoms. The summed E-state index contributed by atoms with van der Waals surface area (Å²) in [4.78, 5) is 23.9. The maximum atomic E-state index is 12.7. The van der Waals surface area contributed by atoms with Gasteiger partial charge in [0.2, 0.25) is 6.29 Å². The maximum absolute atomic E-state index is 12.7. The van der Waals surface area contributed by atoms with E-state index in [4.69, 9.17) is 42.6 Å². The van der Waals surface area contributed by atoms with Gasteiger partial charge in [0.25, 0.3) is 6.04 Å². The Morgan fingerprint density at radius 2 is 1.15 bits per heavy atom. The Balaban J connectivity index is 1.29. The van der Waals surface area contributed by atoms with E-state index in [1.54, 1.807) is 20.8 Å². The number of carbonyl (C=O) groups excluding carboxylic acids is 1. The summed E-state index contributed by atoms with van der Waals surface area (Å²) in [7, 11) is 0. The average Bonchev–Trinajstić information content (AvgIpc) is 3.15. The van der Waals surface area contributed by atoms with Gasteiger partial charge in [-0.15, -0.1) is 0 Å². The van der Waals surface area contributed by atoms with Gasteiger partial charge in [-0.3, -0.25) is 10.1 Å². The van der Waals surface area contributed by atoms with Crippen molar-refractivity contribution in [3.8, 4) is 0 Å². The van der Waals surface area contributed by atoms with Gasteiger partial charge in [-0.25, -0.2) is 4.79 Å². The van der Waals surface area contributed by atoms with Crippen LogP contribution in [0.3, 0.4) is 0 Å². The molecule has 0 radical (unpaired) electrons. The van der Waals surface area contributed by atoms with Crippen molar-refractivity contribution >= 4 is 6.09 Å². The molecule has 0 bridgehead atoms. The number of nitro groups is 1. The van der Waals surface area contributed by atoms with Gasteiger partial charge in [-0.05, 0) is 37.5 Å². The molecule has 1 aliphatic rings. The first-order valence-electron chi connectivity index (χ1n) is 18.2. The number of rotatable bonds is 24. The van der Waals surface area contributed by atoms with E-state index < -0.39 is 47.3 Å². The molecule has 0 saturated carbocycles. The summed E-state index contributed by atoms with van der Waals surface area (Å²) in [5.74, 6) is 0. The molecule has 0 unspecified atom stereocenters. The highest BCUT2D eigenvalue weighted by Gasteiger charge is 2.55. The minimum atomic E-state index is -1.40. The van der Waals surface area contributed by atoms with E-state index in [1.807, 2.05) is 91.0 Å². The minimum absolute atomic E-state index is 0.0291. The zero-order valence-corrected chi connectivity index (χ0v) is 31.4. The fraction of sp³-hybridized carbons (Fsp3) is 0.525. The second-order valence-corrected chi connectivity index (χ2v) is 13.5.